The van der Waals surface area contributed by atoms with Gasteiger partial charge < -0.3 is 9.52 Å². The molecule has 0 amide bonds. The minimum Gasteiger partial charge on any atom is -0.508 e. The summed E-state index contributed by atoms with van der Waals surface area (Å²) in [6.07, 6.45) is 1.58. The first-order chi connectivity index (χ1) is 8.56. The lowest BCUT2D eigenvalue weighted by Gasteiger charge is -2.04. The van der Waals surface area contributed by atoms with E-state index in [1.807, 2.05) is 6.92 Å². The fourth-order valence-electron chi connectivity index (χ4n) is 1.46. The summed E-state index contributed by atoms with van der Waals surface area (Å²) < 4.78 is 5.21. The van der Waals surface area contributed by atoms with Gasteiger partial charge in [0.2, 0.25) is 0 Å². The molecule has 1 N–H and O–H groups in total. The molecule has 2 aromatic rings. The van der Waals surface area contributed by atoms with Gasteiger partial charge >= 0.3 is 0 Å². The average Bonchev–Trinajstić information content (AvgIpc) is 2.74. The number of nitrogens with zero attached hydrogens (tertiary/aromatic N) is 1. The number of thioether (sulfide) groups is 1. The van der Waals surface area contributed by atoms with E-state index in [2.05, 4.69) is 4.98 Å². The van der Waals surface area contributed by atoms with Gasteiger partial charge in [-0.05, 0) is 32.0 Å². The summed E-state index contributed by atoms with van der Waals surface area (Å²) in [5.41, 5.74) is 2.11. The van der Waals surface area contributed by atoms with Gasteiger partial charge in [-0.1, -0.05) is 11.8 Å². The van der Waals surface area contributed by atoms with E-state index >= 15 is 0 Å². The predicted molar refractivity (Wildman–Crippen MR) is 68.9 cm³/mol. The van der Waals surface area contributed by atoms with Crippen molar-refractivity contribution in [3.05, 3.63) is 41.3 Å². The van der Waals surface area contributed by atoms with Gasteiger partial charge in [-0.25, -0.2) is 4.98 Å². The van der Waals surface area contributed by atoms with Crippen LogP contribution in [0.15, 0.2) is 34.1 Å². The highest BCUT2D eigenvalue weighted by molar-refractivity contribution is 7.98. The third-order valence-corrected chi connectivity index (χ3v) is 3.32. The lowest BCUT2D eigenvalue weighted by Crippen LogP contribution is -1.93. The van der Waals surface area contributed by atoms with Crippen molar-refractivity contribution in [1.82, 2.24) is 4.98 Å². The summed E-state index contributed by atoms with van der Waals surface area (Å²) in [6.45, 7) is 3.35. The summed E-state index contributed by atoms with van der Waals surface area (Å²) in [4.78, 5) is 15.4. The molecule has 0 unspecified atom stereocenters. The van der Waals surface area contributed by atoms with E-state index in [0.29, 0.717) is 22.1 Å². The minimum absolute atomic E-state index is 0.0202. The van der Waals surface area contributed by atoms with Crippen LogP contribution in [0.25, 0.3) is 0 Å². The highest BCUT2D eigenvalue weighted by Gasteiger charge is 2.08. The number of rotatable bonds is 4. The smallest absolute Gasteiger partial charge is 0.256 e. The highest BCUT2D eigenvalue weighted by Crippen LogP contribution is 2.27. The Bertz CT molecular complexity index is 577. The lowest BCUT2D eigenvalue weighted by molar-refractivity contribution is 0.101. The van der Waals surface area contributed by atoms with Crippen molar-refractivity contribution >= 4 is 17.5 Å². The molecule has 0 bridgehead atoms. The molecule has 18 heavy (non-hydrogen) atoms. The van der Waals surface area contributed by atoms with E-state index in [9.17, 15) is 9.90 Å². The molecule has 94 valence electrons. The Balaban J connectivity index is 2.13. The maximum atomic E-state index is 11.3. The van der Waals surface area contributed by atoms with Crippen LogP contribution in [0, 0.1) is 6.92 Å². The van der Waals surface area contributed by atoms with Crippen molar-refractivity contribution in [2.45, 2.75) is 24.8 Å². The number of hydrogen-bond donors (Lipinski definition) is 1. The molecule has 0 spiro atoms. The number of ketones is 1. The second kappa shape index (κ2) is 5.27. The molecule has 0 fully saturated rings. The molecule has 0 saturated carbocycles. The average molecular weight is 263 g/mol. The zero-order chi connectivity index (χ0) is 13.1. The molecule has 4 nitrogen and oxygen atoms in total. The maximum absolute atomic E-state index is 11.3. The van der Waals surface area contributed by atoms with Gasteiger partial charge in [-0.15, -0.1) is 0 Å². The van der Waals surface area contributed by atoms with E-state index < -0.39 is 0 Å². The Kier molecular flexibility index (Phi) is 3.72. The molecule has 0 atom stereocenters. The van der Waals surface area contributed by atoms with E-state index in [-0.39, 0.29) is 11.5 Å². The second-order valence-electron chi connectivity index (χ2n) is 3.94. The van der Waals surface area contributed by atoms with Crippen LogP contribution in [0.2, 0.25) is 0 Å². The van der Waals surface area contributed by atoms with Crippen LogP contribution < -0.4 is 0 Å². The summed E-state index contributed by atoms with van der Waals surface area (Å²) in [7, 11) is 0. The van der Waals surface area contributed by atoms with Gasteiger partial charge in [0, 0.05) is 16.9 Å². The first kappa shape index (κ1) is 12.7. The maximum Gasteiger partial charge on any atom is 0.256 e. The van der Waals surface area contributed by atoms with Gasteiger partial charge in [-0.3, -0.25) is 4.79 Å². The Labute approximate surface area is 109 Å². The number of Topliss-reactive ketones (excluding diaryl/α,β-unsaturated/α-hetero) is 1. The van der Waals surface area contributed by atoms with Crippen LogP contribution in [0.5, 0.6) is 5.75 Å². The van der Waals surface area contributed by atoms with Crippen LogP contribution in [0.4, 0.5) is 0 Å². The molecular formula is C13H13NO3S. The SMILES string of the molecule is CC(=O)c1ccc(O)c(CSc2nc(C)co2)c1. The Morgan fingerprint density at radius 3 is 2.89 bits per heavy atom. The molecule has 2 rings (SSSR count). The number of oxazole rings is 1. The van der Waals surface area contributed by atoms with Crippen molar-refractivity contribution in [2.24, 2.45) is 0 Å². The minimum atomic E-state index is -0.0202. The number of phenolic OH excluding ortho intramolecular Hbond substituents is 1. The third kappa shape index (κ3) is 2.92. The fraction of sp³-hybridized carbons (Fsp3) is 0.231. The molecule has 1 heterocycles. The summed E-state index contributed by atoms with van der Waals surface area (Å²) in [5.74, 6) is 0.663. The van der Waals surface area contributed by atoms with Gasteiger partial charge in [0.25, 0.3) is 5.22 Å². The third-order valence-electron chi connectivity index (χ3n) is 2.44. The molecule has 0 aliphatic heterocycles. The summed E-state index contributed by atoms with van der Waals surface area (Å²) >= 11 is 1.38. The number of benzene rings is 1. The van der Waals surface area contributed by atoms with Gasteiger partial charge in [0.05, 0.1) is 5.69 Å². The number of hydrogen-bond acceptors (Lipinski definition) is 5. The standard InChI is InChI=1S/C13H13NO3S/c1-8-6-17-13(14-8)18-7-11-5-10(9(2)15)3-4-12(11)16/h3-6,16H,7H2,1-2H3. The van der Waals surface area contributed by atoms with Gasteiger partial charge in [-0.2, -0.15) is 0 Å². The van der Waals surface area contributed by atoms with Crippen molar-refractivity contribution in [3.63, 3.8) is 0 Å². The van der Waals surface area contributed by atoms with Crippen LogP contribution in [-0.4, -0.2) is 15.9 Å². The molecule has 0 aliphatic rings. The van der Waals surface area contributed by atoms with Gasteiger partial charge in [0.15, 0.2) is 5.78 Å². The number of phenols is 1. The van der Waals surface area contributed by atoms with Crippen LogP contribution in [0.3, 0.4) is 0 Å². The first-order valence-corrected chi connectivity index (χ1v) is 6.42. The molecule has 0 aliphatic carbocycles. The van der Waals surface area contributed by atoms with Crippen molar-refractivity contribution < 1.29 is 14.3 Å². The number of aromatic nitrogens is 1. The zero-order valence-corrected chi connectivity index (χ0v) is 11.0. The normalized spacial score (nSPS) is 10.6. The highest BCUT2D eigenvalue weighted by atomic mass is 32.2. The van der Waals surface area contributed by atoms with Crippen LogP contribution in [0.1, 0.15) is 28.5 Å². The topological polar surface area (TPSA) is 63.3 Å². The molecule has 0 saturated heterocycles. The summed E-state index contributed by atoms with van der Waals surface area (Å²) in [5, 5.41) is 10.3. The molecule has 1 aromatic carbocycles. The van der Waals surface area contributed by atoms with Crippen molar-refractivity contribution in [1.29, 1.82) is 0 Å². The Morgan fingerprint density at radius 1 is 1.50 bits per heavy atom. The Hall–Kier alpha value is -1.75. The van der Waals surface area contributed by atoms with Gasteiger partial charge in [0.1, 0.15) is 12.0 Å². The van der Waals surface area contributed by atoms with Crippen molar-refractivity contribution in [2.75, 3.05) is 0 Å². The molecule has 1 aromatic heterocycles. The number of carbonyl (C=O) groups excluding carboxylic acids is 1. The van der Waals surface area contributed by atoms with E-state index in [0.717, 1.165) is 5.69 Å². The van der Waals surface area contributed by atoms with Crippen molar-refractivity contribution in [3.8, 4) is 5.75 Å². The lowest BCUT2D eigenvalue weighted by atomic mass is 10.1. The molecule has 5 heteroatoms. The Morgan fingerprint density at radius 2 is 2.28 bits per heavy atom. The predicted octanol–water partition coefficient (Wildman–Crippen LogP) is 3.18. The van der Waals surface area contributed by atoms with Crippen LogP contribution >= 0.6 is 11.8 Å². The number of aromatic hydroxyl groups is 1. The summed E-state index contributed by atoms with van der Waals surface area (Å²) in [6, 6.07) is 4.84. The van der Waals surface area contributed by atoms with E-state index in [1.165, 1.54) is 24.8 Å². The van der Waals surface area contributed by atoms with E-state index in [4.69, 9.17) is 4.42 Å². The zero-order valence-electron chi connectivity index (χ0n) is 10.1. The largest absolute Gasteiger partial charge is 0.508 e. The fourth-order valence-corrected chi connectivity index (χ4v) is 2.29. The first-order valence-electron chi connectivity index (χ1n) is 5.44. The van der Waals surface area contributed by atoms with E-state index in [1.54, 1.807) is 18.4 Å². The second-order valence-corrected chi connectivity index (χ2v) is 4.87. The monoisotopic (exact) mass is 263 g/mol. The number of carbonyl (C=O) groups is 1. The quantitative estimate of drug-likeness (QED) is 0.678. The molecular weight excluding hydrogens is 250 g/mol. The van der Waals surface area contributed by atoms with Crippen LogP contribution in [-0.2, 0) is 5.75 Å². The number of aryl methyl sites for hydroxylation is 1. The molecule has 0 radical (unpaired) electrons.